The van der Waals surface area contributed by atoms with E-state index in [-0.39, 0.29) is 11.5 Å². The number of hydrazone groups is 1. The van der Waals surface area contributed by atoms with E-state index in [1.54, 1.807) is 38.1 Å². The van der Waals surface area contributed by atoms with E-state index >= 15 is 0 Å². The first-order chi connectivity index (χ1) is 17.8. The van der Waals surface area contributed by atoms with Gasteiger partial charge in [0.2, 0.25) is 0 Å². The molecule has 0 saturated carbocycles. The Hall–Kier alpha value is -4.20. The Labute approximate surface area is 216 Å². The van der Waals surface area contributed by atoms with Crippen LogP contribution in [0, 0.1) is 18.7 Å². The lowest BCUT2D eigenvalue weighted by atomic mass is 10.0. The fourth-order valence-corrected chi connectivity index (χ4v) is 3.48. The molecule has 0 radical (unpaired) electrons. The van der Waals surface area contributed by atoms with Crippen LogP contribution in [0.2, 0.25) is 0 Å². The topological polar surface area (TPSA) is 89.0 Å². The summed E-state index contributed by atoms with van der Waals surface area (Å²) in [4.78, 5) is 25.2. The first kappa shape index (κ1) is 27.4. The second-order valence-corrected chi connectivity index (χ2v) is 8.82. The SMILES string of the molecule is CCOc1cc(C=NNC(=O)C(NC(=O)c2ccccc2F)C(C)C)ccc1OCc1ccc(C)cc1. The molecule has 3 aromatic carbocycles. The molecule has 194 valence electrons. The number of aryl methyl sites for hydroxylation is 1. The van der Waals surface area contributed by atoms with Gasteiger partial charge in [-0.15, -0.1) is 0 Å². The highest BCUT2D eigenvalue weighted by Crippen LogP contribution is 2.29. The van der Waals surface area contributed by atoms with E-state index in [0.29, 0.717) is 30.3 Å². The van der Waals surface area contributed by atoms with E-state index in [4.69, 9.17) is 9.47 Å². The number of carbonyl (C=O) groups excluding carboxylic acids is 2. The largest absolute Gasteiger partial charge is 0.490 e. The molecule has 0 aliphatic carbocycles. The summed E-state index contributed by atoms with van der Waals surface area (Å²) in [7, 11) is 0. The van der Waals surface area contributed by atoms with Crippen LogP contribution in [0.3, 0.4) is 0 Å². The predicted molar refractivity (Wildman–Crippen MR) is 141 cm³/mol. The number of rotatable bonds is 11. The average Bonchev–Trinajstić information content (AvgIpc) is 2.87. The van der Waals surface area contributed by atoms with Crippen LogP contribution in [0.1, 0.15) is 47.8 Å². The van der Waals surface area contributed by atoms with Crippen LogP contribution in [0.25, 0.3) is 0 Å². The number of carbonyl (C=O) groups is 2. The molecule has 0 saturated heterocycles. The molecule has 3 rings (SSSR count). The summed E-state index contributed by atoms with van der Waals surface area (Å²) in [5.41, 5.74) is 5.23. The molecular formula is C29H32FN3O4. The molecule has 1 atom stereocenters. The van der Waals surface area contributed by atoms with Crippen LogP contribution in [0.15, 0.2) is 71.8 Å². The van der Waals surface area contributed by atoms with Crippen molar-refractivity contribution < 1.29 is 23.5 Å². The van der Waals surface area contributed by atoms with Crippen molar-refractivity contribution in [2.75, 3.05) is 6.61 Å². The summed E-state index contributed by atoms with van der Waals surface area (Å²) in [6.07, 6.45) is 1.47. The molecule has 7 nitrogen and oxygen atoms in total. The third-order valence-corrected chi connectivity index (χ3v) is 5.53. The van der Waals surface area contributed by atoms with Gasteiger partial charge in [0.25, 0.3) is 11.8 Å². The molecule has 8 heteroatoms. The van der Waals surface area contributed by atoms with Crippen LogP contribution in [0.4, 0.5) is 4.39 Å². The van der Waals surface area contributed by atoms with Crippen molar-refractivity contribution in [3.05, 3.63) is 94.8 Å². The van der Waals surface area contributed by atoms with Crippen molar-refractivity contribution in [2.24, 2.45) is 11.0 Å². The molecule has 0 heterocycles. The maximum atomic E-state index is 13.9. The van der Waals surface area contributed by atoms with E-state index in [1.807, 2.05) is 38.1 Å². The van der Waals surface area contributed by atoms with E-state index in [1.165, 1.54) is 30.0 Å². The Balaban J connectivity index is 1.64. The van der Waals surface area contributed by atoms with Crippen molar-refractivity contribution in [2.45, 2.75) is 40.3 Å². The van der Waals surface area contributed by atoms with Crippen molar-refractivity contribution in [1.82, 2.24) is 10.7 Å². The second-order valence-electron chi connectivity index (χ2n) is 8.82. The number of benzene rings is 3. The number of hydrogen-bond donors (Lipinski definition) is 2. The molecule has 3 aromatic rings. The molecule has 37 heavy (non-hydrogen) atoms. The summed E-state index contributed by atoms with van der Waals surface area (Å²) in [6.45, 7) is 8.32. The zero-order valence-electron chi connectivity index (χ0n) is 21.5. The van der Waals surface area contributed by atoms with E-state index in [2.05, 4.69) is 15.8 Å². The van der Waals surface area contributed by atoms with Crippen molar-refractivity contribution in [3.8, 4) is 11.5 Å². The molecule has 0 aromatic heterocycles. The number of halogens is 1. The summed E-state index contributed by atoms with van der Waals surface area (Å²) in [6, 6.07) is 18.2. The van der Waals surface area contributed by atoms with Gasteiger partial charge in [0.15, 0.2) is 11.5 Å². The van der Waals surface area contributed by atoms with Crippen molar-refractivity contribution in [1.29, 1.82) is 0 Å². The van der Waals surface area contributed by atoms with Gasteiger partial charge >= 0.3 is 0 Å². The lowest BCUT2D eigenvalue weighted by Crippen LogP contribution is -2.48. The maximum Gasteiger partial charge on any atom is 0.262 e. The van der Waals surface area contributed by atoms with Gasteiger partial charge in [-0.1, -0.05) is 55.8 Å². The van der Waals surface area contributed by atoms with Crippen molar-refractivity contribution in [3.63, 3.8) is 0 Å². The minimum atomic E-state index is -0.902. The van der Waals surface area contributed by atoms with E-state index in [9.17, 15) is 14.0 Å². The van der Waals surface area contributed by atoms with Crippen LogP contribution in [-0.2, 0) is 11.4 Å². The van der Waals surface area contributed by atoms with Gasteiger partial charge in [-0.25, -0.2) is 9.82 Å². The molecule has 0 bridgehead atoms. The molecule has 0 aliphatic rings. The second kappa shape index (κ2) is 13.2. The highest BCUT2D eigenvalue weighted by Gasteiger charge is 2.25. The highest BCUT2D eigenvalue weighted by atomic mass is 19.1. The lowest BCUT2D eigenvalue weighted by molar-refractivity contribution is -0.123. The monoisotopic (exact) mass is 505 g/mol. The zero-order chi connectivity index (χ0) is 26.8. The van der Waals surface area contributed by atoms with Gasteiger partial charge in [0.05, 0.1) is 18.4 Å². The fraction of sp³-hybridized carbons (Fsp3) is 0.276. The Kier molecular flexibility index (Phi) is 9.77. The van der Waals surface area contributed by atoms with Gasteiger partial charge in [-0.2, -0.15) is 5.10 Å². The minimum Gasteiger partial charge on any atom is -0.490 e. The molecule has 2 amide bonds. The molecule has 0 spiro atoms. The molecule has 2 N–H and O–H groups in total. The summed E-state index contributed by atoms with van der Waals surface area (Å²) in [5.74, 6) is -0.934. The molecule has 0 aliphatic heterocycles. The Bertz CT molecular complexity index is 1240. The number of nitrogens with zero attached hydrogens (tertiary/aromatic N) is 1. The van der Waals surface area contributed by atoms with E-state index < -0.39 is 23.7 Å². The summed E-state index contributed by atoms with van der Waals surface area (Å²) >= 11 is 0. The quantitative estimate of drug-likeness (QED) is 0.283. The number of amides is 2. The highest BCUT2D eigenvalue weighted by molar-refractivity contribution is 5.98. The number of nitrogens with one attached hydrogen (secondary N) is 2. The average molecular weight is 506 g/mol. The fourth-order valence-electron chi connectivity index (χ4n) is 3.48. The van der Waals surface area contributed by atoms with Crippen LogP contribution < -0.4 is 20.2 Å². The smallest absolute Gasteiger partial charge is 0.262 e. The first-order valence-corrected chi connectivity index (χ1v) is 12.1. The van der Waals surface area contributed by atoms with Gasteiger partial charge in [0.1, 0.15) is 18.5 Å². The standard InChI is InChI=1S/C29H32FN3O4/c1-5-36-26-16-22(14-15-25(26)37-18-21-12-10-20(4)11-13-21)17-31-33-29(35)27(19(2)3)32-28(34)23-8-6-7-9-24(23)30/h6-17,19,27H,5,18H2,1-4H3,(H,32,34)(H,33,35). The van der Waals surface area contributed by atoms with Crippen LogP contribution >= 0.6 is 0 Å². The summed E-state index contributed by atoms with van der Waals surface area (Å²) in [5, 5.41) is 6.61. The molecule has 1 unspecified atom stereocenters. The molecule has 0 fully saturated rings. The number of ether oxygens (including phenoxy) is 2. The zero-order valence-corrected chi connectivity index (χ0v) is 21.5. The van der Waals surface area contributed by atoms with E-state index in [0.717, 1.165) is 5.56 Å². The lowest BCUT2D eigenvalue weighted by Gasteiger charge is -2.20. The van der Waals surface area contributed by atoms with Crippen molar-refractivity contribution >= 4 is 18.0 Å². The van der Waals surface area contributed by atoms with Gasteiger partial charge in [-0.3, -0.25) is 9.59 Å². The Morgan fingerprint density at radius 2 is 1.73 bits per heavy atom. The Morgan fingerprint density at radius 1 is 1.00 bits per heavy atom. The normalized spacial score (nSPS) is 11.8. The Morgan fingerprint density at radius 3 is 2.41 bits per heavy atom. The minimum absolute atomic E-state index is 0.127. The maximum absolute atomic E-state index is 13.9. The number of hydrogen-bond acceptors (Lipinski definition) is 5. The van der Waals surface area contributed by atoms with Crippen LogP contribution in [0.5, 0.6) is 11.5 Å². The molecular weight excluding hydrogens is 473 g/mol. The third-order valence-electron chi connectivity index (χ3n) is 5.53. The summed E-state index contributed by atoms with van der Waals surface area (Å²) < 4.78 is 25.6. The van der Waals surface area contributed by atoms with Gasteiger partial charge < -0.3 is 14.8 Å². The first-order valence-electron chi connectivity index (χ1n) is 12.1. The predicted octanol–water partition coefficient (Wildman–Crippen LogP) is 5.02. The van der Waals surface area contributed by atoms with Gasteiger partial charge in [-0.05, 0) is 61.2 Å². The van der Waals surface area contributed by atoms with Gasteiger partial charge in [0, 0.05) is 0 Å². The third kappa shape index (κ3) is 7.90. The van der Waals surface area contributed by atoms with Crippen LogP contribution in [-0.4, -0.2) is 30.7 Å².